The predicted molar refractivity (Wildman–Crippen MR) is 473 cm³/mol. The van der Waals surface area contributed by atoms with E-state index in [-0.39, 0.29) is 38.3 Å². The number of rotatable bonds is 16. The van der Waals surface area contributed by atoms with Gasteiger partial charge in [0.1, 0.15) is 0 Å². The minimum atomic E-state index is -0.446. The maximum absolute atomic E-state index is 11.6. The zero-order valence-electron chi connectivity index (χ0n) is 62.2. The first-order valence-electron chi connectivity index (χ1n) is 35.6. The molecular weight excluding hydrogens is 1600 g/mol. The van der Waals surface area contributed by atoms with Crippen molar-refractivity contribution in [2.24, 2.45) is 0 Å². The van der Waals surface area contributed by atoms with E-state index in [2.05, 4.69) is 418 Å². The van der Waals surface area contributed by atoms with Crippen LogP contribution in [0.25, 0.3) is 4.85 Å². The molecule has 5 nitrogen and oxygen atoms in total. The summed E-state index contributed by atoms with van der Waals surface area (Å²) in [6.45, 7) is 19.1. The number of ether oxygens (including phenoxy) is 2. The number of hydrogen-bond acceptors (Lipinski definition) is 4. The van der Waals surface area contributed by atoms with E-state index < -0.39 is 31.7 Å². The molecule has 14 aromatic carbocycles. The molecule has 0 aliphatic rings. The van der Waals surface area contributed by atoms with Crippen LogP contribution in [0.2, 0.25) is 0 Å². The van der Waals surface area contributed by atoms with Crippen molar-refractivity contribution >= 4 is 136 Å². The molecule has 0 aromatic heterocycles. The standard InChI is InChI=1S/4C18H15P.C13H15NO2.C12H15IO2.Pd/c4*1-4-10-16(11-5-1)19(17-12-6-2-7-13-17)18-14-8-3-9-15-18;1-8(2)10-6-9(3)12(14-4)7-11(10)13(15)16-5;1-7(2)9-5-8(3)11(13)6-10(9)12(14)15-4;/h4*1-15H;6-8H,1-3,5H3;5-7H,1-4H3;. The Hall–Kier alpha value is -9.38. The van der Waals surface area contributed by atoms with Crippen molar-refractivity contribution in [3.63, 3.8) is 0 Å². The van der Waals surface area contributed by atoms with Crippen molar-refractivity contribution in [2.75, 3.05) is 14.2 Å². The molecule has 14 rings (SSSR count). The number of aryl methyl sites for hydroxylation is 2. The van der Waals surface area contributed by atoms with Gasteiger partial charge in [-0.05, 0) is 178 Å². The predicted octanol–water partition coefficient (Wildman–Crippen LogP) is 20.7. The first-order chi connectivity index (χ1) is 52.3. The Labute approximate surface area is 673 Å². The van der Waals surface area contributed by atoms with Crippen LogP contribution in [0.5, 0.6) is 0 Å². The average molecular weight is 1690 g/mol. The maximum atomic E-state index is 11.6. The summed E-state index contributed by atoms with van der Waals surface area (Å²) >= 11 is 2.23. The van der Waals surface area contributed by atoms with Gasteiger partial charge in [-0.25, -0.2) is 14.4 Å². The summed E-state index contributed by atoms with van der Waals surface area (Å²) in [5.74, 6) is -0.0763. The molecule has 544 valence electrons. The Bertz CT molecular complexity index is 4120. The number of nitrogens with zero attached hydrogens (tertiary/aromatic N) is 1. The fraction of sp³-hybridized carbons (Fsp3) is 0.103. The van der Waals surface area contributed by atoms with Crippen molar-refractivity contribution < 1.29 is 39.5 Å². The zero-order chi connectivity index (χ0) is 75.5. The van der Waals surface area contributed by atoms with Crippen molar-refractivity contribution in [3.05, 3.63) is 437 Å². The van der Waals surface area contributed by atoms with Gasteiger partial charge in [0.05, 0.1) is 31.9 Å². The molecule has 11 heteroatoms. The summed E-state index contributed by atoms with van der Waals surface area (Å²) in [6.07, 6.45) is 0. The smallest absolute Gasteiger partial charge is 0.338 e. The van der Waals surface area contributed by atoms with Gasteiger partial charge in [0.2, 0.25) is 0 Å². The molecule has 0 bridgehead atoms. The summed E-state index contributed by atoms with van der Waals surface area (Å²) in [5.41, 5.74) is 5.76. The second-order valence-corrected chi connectivity index (χ2v) is 35.2. The fourth-order valence-corrected chi connectivity index (χ4v) is 21.5. The van der Waals surface area contributed by atoms with E-state index in [1.165, 1.54) is 83.4 Å². The molecule has 0 unspecified atom stereocenters. The Morgan fingerprint density at radius 2 is 0.463 bits per heavy atom. The summed E-state index contributed by atoms with van der Waals surface area (Å²) in [5, 5.41) is 16.8. The van der Waals surface area contributed by atoms with Crippen LogP contribution < -0.4 is 63.7 Å². The van der Waals surface area contributed by atoms with Gasteiger partial charge in [0, 0.05) is 24.0 Å². The van der Waals surface area contributed by atoms with Crippen molar-refractivity contribution in [1.29, 1.82) is 0 Å². The van der Waals surface area contributed by atoms with E-state index in [9.17, 15) is 9.59 Å². The summed E-state index contributed by atoms with van der Waals surface area (Å²) in [6, 6.07) is 137. The number of halogens is 1. The molecule has 14 aromatic rings. The van der Waals surface area contributed by atoms with Crippen LogP contribution >= 0.6 is 54.3 Å². The summed E-state index contributed by atoms with van der Waals surface area (Å²) < 4.78 is 10.6. The normalized spacial score (nSPS) is 10.4. The van der Waals surface area contributed by atoms with E-state index >= 15 is 0 Å². The molecule has 0 aliphatic heterocycles. The molecule has 0 aliphatic carbocycles. The molecule has 0 heterocycles. The third kappa shape index (κ3) is 24.8. The first-order valence-corrected chi connectivity index (χ1v) is 42.0. The minimum Gasteiger partial charge on any atom is -0.465 e. The van der Waals surface area contributed by atoms with Gasteiger partial charge in [-0.15, -0.1) is 0 Å². The van der Waals surface area contributed by atoms with Crippen molar-refractivity contribution in [2.45, 2.75) is 53.4 Å². The zero-order valence-corrected chi connectivity index (χ0v) is 69.5. The number of hydrogen-bond donors (Lipinski definition) is 0. The Morgan fingerprint density at radius 1 is 0.296 bits per heavy atom. The van der Waals surface area contributed by atoms with Crippen LogP contribution in [0.15, 0.2) is 388 Å². The van der Waals surface area contributed by atoms with Gasteiger partial charge in [-0.1, -0.05) is 404 Å². The Kier molecular flexibility index (Phi) is 35.4. The van der Waals surface area contributed by atoms with Gasteiger partial charge in [0.25, 0.3) is 0 Å². The van der Waals surface area contributed by atoms with Gasteiger partial charge < -0.3 is 9.47 Å². The van der Waals surface area contributed by atoms with Crippen LogP contribution in [0.3, 0.4) is 0 Å². The molecule has 0 amide bonds. The van der Waals surface area contributed by atoms with Gasteiger partial charge in [-0.2, -0.15) is 0 Å². The third-order valence-corrected chi connectivity index (χ3v) is 28.0. The topological polar surface area (TPSA) is 57.0 Å². The Morgan fingerprint density at radius 3 is 0.620 bits per heavy atom. The second-order valence-electron chi connectivity index (χ2n) is 25.2. The molecule has 0 atom stereocenters. The van der Waals surface area contributed by atoms with Crippen LogP contribution in [0.1, 0.15) is 82.5 Å². The monoisotopic (exact) mass is 1690 g/mol. The van der Waals surface area contributed by atoms with E-state index in [0.29, 0.717) is 22.7 Å². The average Bonchev–Trinajstić information content (AvgIpc) is 0.865. The molecule has 0 N–H and O–H groups in total. The van der Waals surface area contributed by atoms with E-state index in [0.717, 1.165) is 20.3 Å². The number of esters is 2. The molecule has 108 heavy (non-hydrogen) atoms. The van der Waals surface area contributed by atoms with Gasteiger partial charge in [0.15, 0.2) is 5.69 Å². The summed E-state index contributed by atoms with van der Waals surface area (Å²) in [4.78, 5) is 26.6. The van der Waals surface area contributed by atoms with E-state index in [1.807, 2.05) is 32.9 Å². The largest absolute Gasteiger partial charge is 0.465 e. The summed E-state index contributed by atoms with van der Waals surface area (Å²) in [7, 11) is 0.983. The van der Waals surface area contributed by atoms with Crippen molar-refractivity contribution in [1.82, 2.24) is 0 Å². The number of methoxy groups -OCH3 is 2. The van der Waals surface area contributed by atoms with Gasteiger partial charge >= 0.3 is 11.9 Å². The second kappa shape index (κ2) is 45.4. The van der Waals surface area contributed by atoms with Crippen LogP contribution in [-0.2, 0) is 29.9 Å². The van der Waals surface area contributed by atoms with Crippen LogP contribution in [0.4, 0.5) is 5.69 Å². The fourth-order valence-electron chi connectivity index (χ4n) is 11.8. The molecule has 0 fully saturated rings. The molecule has 0 radical (unpaired) electrons. The number of benzene rings is 14. The third-order valence-electron chi connectivity index (χ3n) is 17.0. The number of carbonyl (C=O) groups is 2. The Balaban J connectivity index is 0.000000163. The molecule has 0 spiro atoms. The molecular formula is C97H90INO4P4Pd. The minimum absolute atomic E-state index is 0. The molecule has 0 saturated carbocycles. The van der Waals surface area contributed by atoms with Crippen molar-refractivity contribution in [3.8, 4) is 0 Å². The van der Waals surface area contributed by atoms with E-state index in [1.54, 1.807) is 6.07 Å². The SMILES string of the molecule is COC(=O)c1cc(I)c(C)cc1C(C)C.[C-]#[N+]c1cc(C(=O)OC)c(C(C)C)cc1C.[Pd].c1ccc(P(c2ccccc2)c2ccccc2)cc1.c1ccc(P(c2ccccc2)c2ccccc2)cc1.c1ccc(P(c2ccccc2)c2ccccc2)cc1.c1ccc(P(c2ccccc2)c2ccccc2)cc1. The maximum Gasteiger partial charge on any atom is 0.338 e. The number of carbonyl (C=O) groups excluding carboxylic acids is 2. The van der Waals surface area contributed by atoms with Crippen LogP contribution in [-0.4, -0.2) is 26.2 Å². The van der Waals surface area contributed by atoms with Crippen LogP contribution in [0, 0.1) is 24.0 Å². The first kappa shape index (κ1) is 84.2. The van der Waals surface area contributed by atoms with E-state index in [4.69, 9.17) is 16.0 Å². The van der Waals surface area contributed by atoms with Gasteiger partial charge in [-0.3, -0.25) is 0 Å². The molecule has 0 saturated heterocycles. The quantitative estimate of drug-likeness (QED) is 0.0318.